The van der Waals surface area contributed by atoms with Crippen LogP contribution in [-0.4, -0.2) is 28.9 Å². The second-order valence-corrected chi connectivity index (χ2v) is 12.5. The van der Waals surface area contributed by atoms with E-state index < -0.39 is 17.9 Å². The molecule has 1 aromatic heterocycles. The van der Waals surface area contributed by atoms with E-state index in [1.54, 1.807) is 18.2 Å². The molecule has 1 aliphatic rings. The maximum Gasteiger partial charge on any atom is 0.326 e. The number of anilines is 1. The summed E-state index contributed by atoms with van der Waals surface area (Å²) in [5, 5.41) is 17.3. The molecule has 3 aromatic carbocycles. The number of carbonyl (C=O) groups excluding carboxylic acids is 2. The van der Waals surface area contributed by atoms with Gasteiger partial charge in [-0.1, -0.05) is 77.5 Å². The number of hydrogen-bond donors (Lipinski definition) is 3. The Morgan fingerprint density at radius 3 is 2.57 bits per heavy atom. The van der Waals surface area contributed by atoms with E-state index in [0.717, 1.165) is 39.5 Å². The van der Waals surface area contributed by atoms with Gasteiger partial charge in [-0.3, -0.25) is 9.59 Å². The molecule has 2 atom stereocenters. The topological polar surface area (TPSA) is 105 Å². The summed E-state index contributed by atoms with van der Waals surface area (Å²) >= 11 is 4.84. The van der Waals surface area contributed by atoms with E-state index in [1.165, 1.54) is 11.3 Å². The molecule has 1 heterocycles. The molecule has 4 aromatic rings. The highest BCUT2D eigenvalue weighted by molar-refractivity contribution is 9.10. The van der Waals surface area contributed by atoms with Gasteiger partial charge >= 0.3 is 5.97 Å². The molecular formula is C35H31BrN2O5S. The van der Waals surface area contributed by atoms with Gasteiger partial charge < -0.3 is 20.5 Å². The molecule has 0 saturated heterocycles. The van der Waals surface area contributed by atoms with Crippen molar-refractivity contribution in [2.75, 3.05) is 5.32 Å². The molecule has 224 valence electrons. The lowest BCUT2D eigenvalue weighted by molar-refractivity contribution is -0.139. The molecule has 2 amide bonds. The summed E-state index contributed by atoms with van der Waals surface area (Å²) in [5.41, 5.74) is 3.04. The molecule has 0 radical (unpaired) electrons. The van der Waals surface area contributed by atoms with Crippen molar-refractivity contribution in [3.8, 4) is 16.9 Å². The Morgan fingerprint density at radius 2 is 1.84 bits per heavy atom. The Bertz CT molecular complexity index is 1710. The standard InChI is InChI=1S/C35H31BrN2O5S/c1-22-6-4-7-26(18-22)43-32-10-3-2-9-28(32)24-13-11-23(12-14-24)19-31(35(41)42)38-34(40)29-20-25(36)15-16-30(29)37-33(39)21-27-8-5-17-44-27/h2-5,7-18,20,22,31H,6,19,21H2,1H3,(H,37,39)(H,38,40)(H,41,42)/t22?,31-/m0/s1. The Kier molecular flexibility index (Phi) is 10.1. The summed E-state index contributed by atoms with van der Waals surface area (Å²) < 4.78 is 6.83. The predicted molar refractivity (Wildman–Crippen MR) is 177 cm³/mol. The second kappa shape index (κ2) is 14.3. The number of benzene rings is 3. The van der Waals surface area contributed by atoms with E-state index in [4.69, 9.17) is 4.74 Å². The van der Waals surface area contributed by atoms with Crippen molar-refractivity contribution in [1.82, 2.24) is 5.32 Å². The van der Waals surface area contributed by atoms with Crippen LogP contribution in [0, 0.1) is 5.92 Å². The third-order valence-corrected chi connectivity index (χ3v) is 8.45. The maximum absolute atomic E-state index is 13.3. The van der Waals surface area contributed by atoms with E-state index >= 15 is 0 Å². The minimum atomic E-state index is -1.19. The van der Waals surface area contributed by atoms with Crippen LogP contribution in [0.3, 0.4) is 0 Å². The van der Waals surface area contributed by atoms with E-state index in [-0.39, 0.29) is 24.3 Å². The molecule has 1 unspecified atom stereocenters. The Labute approximate surface area is 268 Å². The molecule has 44 heavy (non-hydrogen) atoms. The van der Waals surface area contributed by atoms with Gasteiger partial charge in [-0.2, -0.15) is 0 Å². The van der Waals surface area contributed by atoms with Crippen LogP contribution in [0.2, 0.25) is 0 Å². The Balaban J connectivity index is 1.28. The number of carboxylic acid groups (broad SMARTS) is 1. The zero-order valence-electron chi connectivity index (χ0n) is 24.0. The number of halogens is 1. The van der Waals surface area contributed by atoms with Crippen LogP contribution < -0.4 is 15.4 Å². The molecular weight excluding hydrogens is 640 g/mol. The average molecular weight is 672 g/mol. The SMILES string of the molecule is CC1C=C(Oc2ccccc2-c2ccc(C[C@H](NC(=O)c3cc(Br)ccc3NC(=O)Cc3cccs3)C(=O)O)cc2)C=CC1. The minimum Gasteiger partial charge on any atom is -0.480 e. The van der Waals surface area contributed by atoms with E-state index in [2.05, 4.69) is 45.6 Å². The molecule has 0 aliphatic heterocycles. The highest BCUT2D eigenvalue weighted by Crippen LogP contribution is 2.32. The normalized spacial score (nSPS) is 14.8. The highest BCUT2D eigenvalue weighted by Gasteiger charge is 2.24. The van der Waals surface area contributed by atoms with Crippen molar-refractivity contribution >= 4 is 50.7 Å². The molecule has 9 heteroatoms. The summed E-state index contributed by atoms with van der Waals surface area (Å²) in [6, 6.07) is 22.7. The van der Waals surface area contributed by atoms with Gasteiger partial charge in [0.2, 0.25) is 5.91 Å². The largest absolute Gasteiger partial charge is 0.480 e. The van der Waals surface area contributed by atoms with Crippen LogP contribution in [0.25, 0.3) is 11.1 Å². The lowest BCUT2D eigenvalue weighted by Crippen LogP contribution is -2.42. The summed E-state index contributed by atoms with van der Waals surface area (Å²) in [4.78, 5) is 39.0. The molecule has 7 nitrogen and oxygen atoms in total. The number of allylic oxidation sites excluding steroid dienone is 3. The van der Waals surface area contributed by atoms with Gasteiger partial charge in [0.15, 0.2) is 0 Å². The fraction of sp³-hybridized carbons (Fsp3) is 0.171. The number of thiophene rings is 1. The lowest BCUT2D eigenvalue weighted by atomic mass is 9.99. The Morgan fingerprint density at radius 1 is 1.05 bits per heavy atom. The van der Waals surface area contributed by atoms with E-state index in [1.807, 2.05) is 72.1 Å². The first kappa shape index (κ1) is 31.0. The lowest BCUT2D eigenvalue weighted by Gasteiger charge is -2.18. The van der Waals surface area contributed by atoms with Crippen LogP contribution in [0.1, 0.15) is 34.1 Å². The van der Waals surface area contributed by atoms with Crippen LogP contribution in [0.5, 0.6) is 5.75 Å². The third kappa shape index (κ3) is 8.12. The summed E-state index contributed by atoms with van der Waals surface area (Å²) in [7, 11) is 0. The molecule has 3 N–H and O–H groups in total. The number of hydrogen-bond acceptors (Lipinski definition) is 5. The zero-order chi connectivity index (χ0) is 31.1. The van der Waals surface area contributed by atoms with E-state index in [0.29, 0.717) is 16.1 Å². The fourth-order valence-electron chi connectivity index (χ4n) is 4.86. The summed E-state index contributed by atoms with van der Waals surface area (Å²) in [5.74, 6) is -0.0890. The number of amides is 2. The number of para-hydroxylation sites is 1. The van der Waals surface area contributed by atoms with Crippen LogP contribution in [0.4, 0.5) is 5.69 Å². The van der Waals surface area contributed by atoms with Crippen LogP contribution in [0.15, 0.2) is 113 Å². The Hall–Kier alpha value is -4.47. The zero-order valence-corrected chi connectivity index (χ0v) is 26.4. The molecule has 1 aliphatic carbocycles. The first-order valence-electron chi connectivity index (χ1n) is 14.1. The number of ether oxygens (including phenoxy) is 1. The van der Waals surface area contributed by atoms with Gasteiger partial charge in [0.05, 0.1) is 17.7 Å². The number of carboxylic acids is 1. The van der Waals surface area contributed by atoms with Crippen molar-refractivity contribution in [1.29, 1.82) is 0 Å². The van der Waals surface area contributed by atoms with Crippen molar-refractivity contribution in [3.63, 3.8) is 0 Å². The first-order valence-corrected chi connectivity index (χ1v) is 15.8. The molecule has 0 bridgehead atoms. The van der Waals surface area contributed by atoms with Gasteiger partial charge in [-0.15, -0.1) is 11.3 Å². The monoisotopic (exact) mass is 670 g/mol. The van der Waals surface area contributed by atoms with Gasteiger partial charge in [0.1, 0.15) is 17.6 Å². The van der Waals surface area contributed by atoms with E-state index in [9.17, 15) is 19.5 Å². The van der Waals surface area contributed by atoms with Crippen LogP contribution >= 0.6 is 27.3 Å². The quantitative estimate of drug-likeness (QED) is 0.152. The van der Waals surface area contributed by atoms with Crippen LogP contribution in [-0.2, 0) is 22.4 Å². The first-order chi connectivity index (χ1) is 21.2. The highest BCUT2D eigenvalue weighted by atomic mass is 79.9. The maximum atomic E-state index is 13.3. The number of aliphatic carboxylic acids is 1. The fourth-order valence-corrected chi connectivity index (χ4v) is 5.93. The second-order valence-electron chi connectivity index (χ2n) is 10.5. The molecule has 5 rings (SSSR count). The third-order valence-electron chi connectivity index (χ3n) is 7.08. The number of carbonyl (C=O) groups is 3. The van der Waals surface area contributed by atoms with Crippen molar-refractivity contribution in [3.05, 3.63) is 129 Å². The van der Waals surface area contributed by atoms with Crippen molar-refractivity contribution in [2.45, 2.75) is 32.2 Å². The molecule has 0 spiro atoms. The number of rotatable bonds is 11. The average Bonchev–Trinajstić information content (AvgIpc) is 3.51. The predicted octanol–water partition coefficient (Wildman–Crippen LogP) is 7.64. The van der Waals surface area contributed by atoms with Gasteiger partial charge in [-0.05, 0) is 71.3 Å². The minimum absolute atomic E-state index is 0.0726. The summed E-state index contributed by atoms with van der Waals surface area (Å²) in [6.07, 6.45) is 7.43. The van der Waals surface area contributed by atoms with Crippen molar-refractivity contribution < 1.29 is 24.2 Å². The number of nitrogens with one attached hydrogen (secondary N) is 2. The smallest absolute Gasteiger partial charge is 0.326 e. The van der Waals surface area contributed by atoms with Crippen molar-refractivity contribution in [2.24, 2.45) is 5.92 Å². The molecule has 0 fully saturated rings. The van der Waals surface area contributed by atoms with Gasteiger partial charge in [0.25, 0.3) is 5.91 Å². The molecule has 0 saturated carbocycles. The van der Waals surface area contributed by atoms with Gasteiger partial charge in [-0.25, -0.2) is 4.79 Å². The summed E-state index contributed by atoms with van der Waals surface area (Å²) in [6.45, 7) is 2.15. The van der Waals surface area contributed by atoms with Gasteiger partial charge in [0, 0.05) is 21.3 Å².